The van der Waals surface area contributed by atoms with Gasteiger partial charge in [-0.1, -0.05) is 30.3 Å². The molecule has 31 heavy (non-hydrogen) atoms. The Hall–Kier alpha value is -2.49. The minimum absolute atomic E-state index is 0.0191. The molecule has 1 fully saturated rings. The number of nitrogens with zero attached hydrogens (tertiary/aromatic N) is 1. The molecule has 3 N–H and O–H groups in total. The first-order chi connectivity index (χ1) is 14.6. The van der Waals surface area contributed by atoms with Crippen LogP contribution in [0.3, 0.4) is 0 Å². The number of hydrogen-bond donors (Lipinski definition) is 3. The van der Waals surface area contributed by atoms with Gasteiger partial charge in [0.25, 0.3) is 0 Å². The topological polar surface area (TPSA) is 112 Å². The lowest BCUT2D eigenvalue weighted by atomic mass is 10.2. The Morgan fingerprint density at radius 1 is 1.35 bits per heavy atom. The molecule has 0 bridgehead atoms. The van der Waals surface area contributed by atoms with Crippen LogP contribution >= 0.6 is 22.9 Å². The lowest BCUT2D eigenvalue weighted by Crippen LogP contribution is -2.33. The first kappa shape index (κ1) is 23.2. The van der Waals surface area contributed by atoms with Crippen LogP contribution in [0.1, 0.15) is 24.3 Å². The van der Waals surface area contributed by atoms with Gasteiger partial charge in [0.15, 0.2) is 9.84 Å². The summed E-state index contributed by atoms with van der Waals surface area (Å²) in [6.45, 7) is 3.85. The number of halogens is 1. The Morgan fingerprint density at radius 3 is 2.65 bits per heavy atom. The molecule has 0 saturated heterocycles. The fourth-order valence-electron chi connectivity index (χ4n) is 3.00. The standard InChI is InChI=1S/C21H23ClN4O3S2/c1-14(3-8-19-26-17(13-30-19)15-4-6-16(22)7-5-15)25-20(27)24-12-9-18(23)21(10-11-21)31(2,28)29/h4-7,9,12-13,23H,1,3,8,10-11H2,2H3,(H2,24,25,27)/b12-9-,23-18?. The maximum atomic E-state index is 12.0. The van der Waals surface area contributed by atoms with E-state index >= 15 is 0 Å². The maximum Gasteiger partial charge on any atom is 0.322 e. The summed E-state index contributed by atoms with van der Waals surface area (Å²) in [6, 6.07) is 6.98. The van der Waals surface area contributed by atoms with Crippen molar-refractivity contribution in [2.75, 3.05) is 6.26 Å². The van der Waals surface area contributed by atoms with Crippen LogP contribution in [0, 0.1) is 5.41 Å². The lowest BCUT2D eigenvalue weighted by molar-refractivity contribution is 0.246. The predicted octanol–water partition coefficient (Wildman–Crippen LogP) is 4.32. The van der Waals surface area contributed by atoms with E-state index in [1.54, 1.807) is 0 Å². The summed E-state index contributed by atoms with van der Waals surface area (Å²) in [7, 11) is -3.34. The first-order valence-electron chi connectivity index (χ1n) is 9.51. The highest BCUT2D eigenvalue weighted by Gasteiger charge is 2.54. The van der Waals surface area contributed by atoms with E-state index in [4.69, 9.17) is 17.0 Å². The highest BCUT2D eigenvalue weighted by Crippen LogP contribution is 2.44. The molecule has 1 aromatic heterocycles. The van der Waals surface area contributed by atoms with E-state index in [9.17, 15) is 13.2 Å². The van der Waals surface area contributed by atoms with E-state index in [1.165, 1.54) is 23.6 Å². The largest absolute Gasteiger partial charge is 0.322 e. The van der Waals surface area contributed by atoms with Crippen molar-refractivity contribution >= 4 is 44.5 Å². The molecule has 0 radical (unpaired) electrons. The van der Waals surface area contributed by atoms with E-state index < -0.39 is 20.6 Å². The van der Waals surface area contributed by atoms with Crippen molar-refractivity contribution in [3.8, 4) is 11.3 Å². The van der Waals surface area contributed by atoms with E-state index in [0.29, 0.717) is 36.4 Å². The lowest BCUT2D eigenvalue weighted by Gasteiger charge is -2.11. The number of sulfone groups is 1. The van der Waals surface area contributed by atoms with Crippen LogP contribution in [0.4, 0.5) is 4.79 Å². The van der Waals surface area contributed by atoms with E-state index in [-0.39, 0.29) is 5.71 Å². The zero-order valence-corrected chi connectivity index (χ0v) is 19.3. The summed E-state index contributed by atoms with van der Waals surface area (Å²) < 4.78 is 22.5. The number of urea groups is 1. The molecular formula is C21H23ClN4O3S2. The summed E-state index contributed by atoms with van der Waals surface area (Å²) in [4.78, 5) is 16.6. The SMILES string of the molecule is C=C(CCc1nc(-c2ccc(Cl)cc2)cs1)NC(=O)N/C=C\C(=N)C1(S(C)(=O)=O)CC1. The Balaban J connectivity index is 1.43. The molecule has 2 amide bonds. The number of rotatable bonds is 9. The predicted molar refractivity (Wildman–Crippen MR) is 125 cm³/mol. The monoisotopic (exact) mass is 478 g/mol. The second-order valence-electron chi connectivity index (χ2n) is 7.35. The smallest absolute Gasteiger partial charge is 0.314 e. The zero-order chi connectivity index (χ0) is 22.6. The molecule has 0 unspecified atom stereocenters. The molecule has 1 aromatic carbocycles. The summed E-state index contributed by atoms with van der Waals surface area (Å²) >= 11 is 7.45. The van der Waals surface area contributed by atoms with Crippen molar-refractivity contribution in [3.05, 3.63) is 64.2 Å². The number of aryl methyl sites for hydroxylation is 1. The molecule has 0 atom stereocenters. The highest BCUT2D eigenvalue weighted by atomic mass is 35.5. The van der Waals surface area contributed by atoms with Gasteiger partial charge in [-0.15, -0.1) is 11.3 Å². The van der Waals surface area contributed by atoms with Gasteiger partial charge in [0, 0.05) is 40.5 Å². The van der Waals surface area contributed by atoms with E-state index in [2.05, 4.69) is 22.2 Å². The molecule has 2 aromatic rings. The van der Waals surface area contributed by atoms with Gasteiger partial charge in [-0.05, 0) is 37.5 Å². The Labute approximate surface area is 190 Å². The van der Waals surface area contributed by atoms with Gasteiger partial charge in [0.05, 0.1) is 16.4 Å². The van der Waals surface area contributed by atoms with Crippen molar-refractivity contribution in [1.82, 2.24) is 15.6 Å². The van der Waals surface area contributed by atoms with Crippen LogP contribution in [0.15, 0.2) is 54.2 Å². The van der Waals surface area contributed by atoms with Gasteiger partial charge in [-0.25, -0.2) is 18.2 Å². The van der Waals surface area contributed by atoms with Crippen LogP contribution in [-0.2, 0) is 16.3 Å². The molecule has 0 spiro atoms. The van der Waals surface area contributed by atoms with Crippen LogP contribution in [-0.4, -0.2) is 36.1 Å². The van der Waals surface area contributed by atoms with Crippen LogP contribution in [0.5, 0.6) is 0 Å². The number of nitrogens with one attached hydrogen (secondary N) is 3. The summed E-state index contributed by atoms with van der Waals surface area (Å²) in [5.74, 6) is 0. The molecule has 1 saturated carbocycles. The number of thiazole rings is 1. The normalized spacial score (nSPS) is 14.9. The summed E-state index contributed by atoms with van der Waals surface area (Å²) in [5.41, 5.74) is 2.38. The van der Waals surface area contributed by atoms with Crippen molar-refractivity contribution in [2.24, 2.45) is 0 Å². The minimum atomic E-state index is -3.34. The number of amides is 2. The van der Waals surface area contributed by atoms with Gasteiger partial charge >= 0.3 is 6.03 Å². The third-order valence-electron chi connectivity index (χ3n) is 4.99. The van der Waals surface area contributed by atoms with Gasteiger partial charge in [0.1, 0.15) is 4.75 Å². The van der Waals surface area contributed by atoms with Gasteiger partial charge in [0.2, 0.25) is 0 Å². The molecule has 3 rings (SSSR count). The second kappa shape index (κ2) is 9.33. The Kier molecular flexibility index (Phi) is 6.98. The number of benzene rings is 1. The van der Waals surface area contributed by atoms with Crippen molar-refractivity contribution < 1.29 is 13.2 Å². The fraction of sp³-hybridized carbons (Fsp3) is 0.286. The Bertz CT molecular complexity index is 1130. The quantitative estimate of drug-likeness (QED) is 0.466. The van der Waals surface area contributed by atoms with E-state index in [0.717, 1.165) is 22.5 Å². The molecule has 10 heteroatoms. The number of hydrogen-bond acceptors (Lipinski definition) is 6. The molecule has 1 heterocycles. The molecule has 0 aliphatic heterocycles. The maximum absolute atomic E-state index is 12.0. The summed E-state index contributed by atoms with van der Waals surface area (Å²) in [5, 5.41) is 16.6. The molecule has 1 aliphatic rings. The average Bonchev–Trinajstić information content (AvgIpc) is 3.40. The molecular weight excluding hydrogens is 456 g/mol. The van der Waals surface area contributed by atoms with Crippen molar-refractivity contribution in [1.29, 1.82) is 5.41 Å². The first-order valence-corrected chi connectivity index (χ1v) is 12.7. The van der Waals surface area contributed by atoms with Gasteiger partial charge < -0.3 is 16.0 Å². The van der Waals surface area contributed by atoms with Crippen molar-refractivity contribution in [2.45, 2.75) is 30.4 Å². The van der Waals surface area contributed by atoms with Crippen LogP contribution in [0.2, 0.25) is 5.02 Å². The van der Waals surface area contributed by atoms with Crippen LogP contribution < -0.4 is 10.6 Å². The molecule has 164 valence electrons. The van der Waals surface area contributed by atoms with Gasteiger partial charge in [-0.2, -0.15) is 0 Å². The van der Waals surface area contributed by atoms with Gasteiger partial charge in [-0.3, -0.25) is 0 Å². The molecule has 7 nitrogen and oxygen atoms in total. The zero-order valence-electron chi connectivity index (χ0n) is 16.9. The third-order valence-corrected chi connectivity index (χ3v) is 8.20. The second-order valence-corrected chi connectivity index (χ2v) is 11.1. The number of aromatic nitrogens is 1. The number of carbonyl (C=O) groups excluding carboxylic acids is 1. The van der Waals surface area contributed by atoms with Crippen molar-refractivity contribution in [3.63, 3.8) is 0 Å². The Morgan fingerprint density at radius 2 is 2.03 bits per heavy atom. The third kappa shape index (κ3) is 5.81. The summed E-state index contributed by atoms with van der Waals surface area (Å²) in [6.07, 6.45) is 5.75. The van der Waals surface area contributed by atoms with E-state index in [1.807, 2.05) is 29.6 Å². The highest BCUT2D eigenvalue weighted by molar-refractivity contribution is 7.93. The van der Waals surface area contributed by atoms with Crippen LogP contribution in [0.25, 0.3) is 11.3 Å². The number of allylic oxidation sites excluding steroid dienone is 2. The fourth-order valence-corrected chi connectivity index (χ4v) is 5.25. The molecule has 1 aliphatic carbocycles. The minimum Gasteiger partial charge on any atom is -0.314 e. The average molecular weight is 479 g/mol. The number of carbonyl (C=O) groups is 1.